The van der Waals surface area contributed by atoms with Gasteiger partial charge in [-0.2, -0.15) is 0 Å². The molecule has 1 aromatic heterocycles. The van der Waals surface area contributed by atoms with Crippen molar-refractivity contribution in [2.45, 2.75) is 26.4 Å². The van der Waals surface area contributed by atoms with E-state index in [0.29, 0.717) is 6.54 Å². The summed E-state index contributed by atoms with van der Waals surface area (Å²) in [5.41, 5.74) is 0.338. The molecule has 0 saturated carbocycles. The molecule has 1 aromatic rings. The molecule has 0 aliphatic carbocycles. The summed E-state index contributed by atoms with van der Waals surface area (Å²) in [6.45, 7) is 5.98. The fourth-order valence-corrected chi connectivity index (χ4v) is 1.47. The average molecular weight is 259 g/mol. The normalized spacial score (nSPS) is 11.5. The Bertz CT molecular complexity index is 320. The van der Waals surface area contributed by atoms with Gasteiger partial charge >= 0.3 is 0 Å². The Labute approximate surface area is 92.7 Å². The maximum atomic E-state index is 9.52. The van der Waals surface area contributed by atoms with Crippen LogP contribution in [0.25, 0.3) is 0 Å². The van der Waals surface area contributed by atoms with Crippen LogP contribution in [0.1, 0.15) is 19.4 Å². The summed E-state index contributed by atoms with van der Waals surface area (Å²) in [6, 6.07) is 1.99. The van der Waals surface area contributed by atoms with Crippen molar-refractivity contribution in [3.05, 3.63) is 22.3 Å². The molecule has 0 unspecified atom stereocenters. The van der Waals surface area contributed by atoms with E-state index < -0.39 is 5.60 Å². The van der Waals surface area contributed by atoms with Crippen LogP contribution in [0, 0.1) is 6.92 Å². The second kappa shape index (κ2) is 4.28. The van der Waals surface area contributed by atoms with Gasteiger partial charge in [0.05, 0.1) is 5.60 Å². The third-order valence-electron chi connectivity index (χ3n) is 1.73. The summed E-state index contributed by atoms with van der Waals surface area (Å²) >= 11 is 3.35. The number of halogens is 1. The highest BCUT2D eigenvalue weighted by atomic mass is 79.9. The molecule has 0 amide bonds. The van der Waals surface area contributed by atoms with E-state index in [-0.39, 0.29) is 0 Å². The molecule has 1 rings (SSSR count). The Hall–Kier alpha value is -0.610. The number of aliphatic hydroxyl groups is 1. The number of hydrogen-bond donors (Lipinski definition) is 2. The second-order valence-electron chi connectivity index (χ2n) is 3.99. The molecule has 0 aliphatic heterocycles. The lowest BCUT2D eigenvalue weighted by Crippen LogP contribution is -2.29. The van der Waals surface area contributed by atoms with Gasteiger partial charge in [0.25, 0.3) is 0 Å². The van der Waals surface area contributed by atoms with E-state index in [4.69, 9.17) is 0 Å². The zero-order valence-electron chi connectivity index (χ0n) is 8.63. The van der Waals surface area contributed by atoms with Crippen LogP contribution < -0.4 is 5.32 Å². The van der Waals surface area contributed by atoms with Gasteiger partial charge in [-0.15, -0.1) is 0 Å². The maximum absolute atomic E-state index is 9.52. The van der Waals surface area contributed by atoms with Crippen molar-refractivity contribution in [3.8, 4) is 0 Å². The van der Waals surface area contributed by atoms with Gasteiger partial charge in [0.15, 0.2) is 0 Å². The molecule has 2 N–H and O–H groups in total. The van der Waals surface area contributed by atoms with E-state index in [2.05, 4.69) is 26.2 Å². The molecule has 14 heavy (non-hydrogen) atoms. The molecule has 0 spiro atoms. The molecule has 0 aromatic carbocycles. The first-order valence-corrected chi connectivity index (χ1v) is 5.26. The highest BCUT2D eigenvalue weighted by molar-refractivity contribution is 9.10. The number of nitrogens with zero attached hydrogens (tertiary/aromatic N) is 1. The predicted octanol–water partition coefficient (Wildman–Crippen LogP) is 2.34. The van der Waals surface area contributed by atoms with Gasteiger partial charge in [0.2, 0.25) is 0 Å². The van der Waals surface area contributed by atoms with Crippen molar-refractivity contribution in [1.82, 2.24) is 4.98 Å². The lowest BCUT2D eigenvalue weighted by atomic mass is 10.1. The molecular weight excluding hydrogens is 244 g/mol. The van der Waals surface area contributed by atoms with Crippen molar-refractivity contribution >= 4 is 21.7 Å². The predicted molar refractivity (Wildman–Crippen MR) is 61.5 cm³/mol. The van der Waals surface area contributed by atoms with E-state index in [1.165, 1.54) is 0 Å². The molecule has 0 bridgehead atoms. The van der Waals surface area contributed by atoms with E-state index in [1.807, 2.05) is 13.0 Å². The molecule has 0 saturated heterocycles. The van der Waals surface area contributed by atoms with Gasteiger partial charge in [0.1, 0.15) is 5.82 Å². The standard InChI is InChI=1S/C10H15BrN2O/c1-7-4-8(11)5-12-9(7)13-6-10(2,3)14/h4-5,14H,6H2,1-3H3,(H,12,13). The second-order valence-corrected chi connectivity index (χ2v) is 4.90. The summed E-state index contributed by atoms with van der Waals surface area (Å²) < 4.78 is 0.962. The minimum atomic E-state index is -0.721. The number of aryl methyl sites for hydroxylation is 1. The molecule has 0 aliphatic rings. The van der Waals surface area contributed by atoms with Crippen LogP contribution in [-0.2, 0) is 0 Å². The first-order chi connectivity index (χ1) is 6.38. The number of pyridine rings is 1. The van der Waals surface area contributed by atoms with Crippen LogP contribution in [0.4, 0.5) is 5.82 Å². The van der Waals surface area contributed by atoms with E-state index >= 15 is 0 Å². The topological polar surface area (TPSA) is 45.2 Å². The largest absolute Gasteiger partial charge is 0.389 e. The van der Waals surface area contributed by atoms with Gasteiger partial charge in [-0.3, -0.25) is 0 Å². The first kappa shape index (κ1) is 11.5. The van der Waals surface area contributed by atoms with Crippen molar-refractivity contribution in [3.63, 3.8) is 0 Å². The maximum Gasteiger partial charge on any atom is 0.129 e. The van der Waals surface area contributed by atoms with Crippen molar-refractivity contribution in [2.24, 2.45) is 0 Å². The number of nitrogens with one attached hydrogen (secondary N) is 1. The SMILES string of the molecule is Cc1cc(Br)cnc1NCC(C)(C)O. The van der Waals surface area contributed by atoms with Gasteiger partial charge in [-0.1, -0.05) is 0 Å². The fraction of sp³-hybridized carbons (Fsp3) is 0.500. The van der Waals surface area contributed by atoms with E-state index in [9.17, 15) is 5.11 Å². The Morgan fingerprint density at radius 1 is 1.57 bits per heavy atom. The van der Waals surface area contributed by atoms with Crippen LogP contribution in [0.2, 0.25) is 0 Å². The van der Waals surface area contributed by atoms with E-state index in [0.717, 1.165) is 15.9 Å². The van der Waals surface area contributed by atoms with Crippen molar-refractivity contribution in [2.75, 3.05) is 11.9 Å². The zero-order valence-corrected chi connectivity index (χ0v) is 10.2. The third-order valence-corrected chi connectivity index (χ3v) is 2.17. The van der Waals surface area contributed by atoms with Gasteiger partial charge in [0, 0.05) is 17.2 Å². The summed E-state index contributed by atoms with van der Waals surface area (Å²) in [6.07, 6.45) is 1.74. The van der Waals surface area contributed by atoms with Crippen molar-refractivity contribution in [1.29, 1.82) is 0 Å². The molecular formula is C10H15BrN2O. The van der Waals surface area contributed by atoms with Crippen molar-refractivity contribution < 1.29 is 5.11 Å². The van der Waals surface area contributed by atoms with Gasteiger partial charge in [-0.05, 0) is 48.3 Å². The monoisotopic (exact) mass is 258 g/mol. The van der Waals surface area contributed by atoms with Crippen LogP contribution in [0.3, 0.4) is 0 Å². The molecule has 3 nitrogen and oxygen atoms in total. The minimum absolute atomic E-state index is 0.489. The molecule has 0 radical (unpaired) electrons. The fourth-order valence-electron chi connectivity index (χ4n) is 1.03. The highest BCUT2D eigenvalue weighted by Gasteiger charge is 2.12. The quantitative estimate of drug-likeness (QED) is 0.875. The first-order valence-electron chi connectivity index (χ1n) is 4.47. The Morgan fingerprint density at radius 2 is 2.21 bits per heavy atom. The van der Waals surface area contributed by atoms with Gasteiger partial charge < -0.3 is 10.4 Å². The van der Waals surface area contributed by atoms with Gasteiger partial charge in [-0.25, -0.2) is 4.98 Å². The smallest absolute Gasteiger partial charge is 0.129 e. The lowest BCUT2D eigenvalue weighted by molar-refractivity contribution is 0.0944. The van der Waals surface area contributed by atoms with Crippen LogP contribution in [0.5, 0.6) is 0 Å². The third kappa shape index (κ3) is 3.64. The summed E-state index contributed by atoms with van der Waals surface area (Å²) in [5, 5.41) is 12.6. The Kier molecular flexibility index (Phi) is 3.50. The number of rotatable bonds is 3. The minimum Gasteiger partial charge on any atom is -0.389 e. The summed E-state index contributed by atoms with van der Waals surface area (Å²) in [7, 11) is 0. The molecule has 0 atom stereocenters. The highest BCUT2D eigenvalue weighted by Crippen LogP contribution is 2.17. The summed E-state index contributed by atoms with van der Waals surface area (Å²) in [5.74, 6) is 0.815. The zero-order chi connectivity index (χ0) is 10.8. The average Bonchev–Trinajstić information content (AvgIpc) is 2.00. The number of hydrogen-bond acceptors (Lipinski definition) is 3. The number of aromatic nitrogens is 1. The molecule has 1 heterocycles. The number of anilines is 1. The van der Waals surface area contributed by atoms with Crippen LogP contribution in [0.15, 0.2) is 16.7 Å². The molecule has 78 valence electrons. The molecule has 0 fully saturated rings. The van der Waals surface area contributed by atoms with Crippen LogP contribution >= 0.6 is 15.9 Å². The molecule has 4 heteroatoms. The Balaban J connectivity index is 2.68. The van der Waals surface area contributed by atoms with E-state index in [1.54, 1.807) is 20.0 Å². The summed E-state index contributed by atoms with van der Waals surface area (Å²) in [4.78, 5) is 4.21. The lowest BCUT2D eigenvalue weighted by Gasteiger charge is -2.18. The van der Waals surface area contributed by atoms with Crippen LogP contribution in [-0.4, -0.2) is 22.2 Å². The Morgan fingerprint density at radius 3 is 2.71 bits per heavy atom.